The summed E-state index contributed by atoms with van der Waals surface area (Å²) in [4.78, 5) is 7.01. The third-order valence-corrected chi connectivity index (χ3v) is 5.18. The number of aromatic nitrogens is 1. The van der Waals surface area contributed by atoms with Crippen LogP contribution in [-0.2, 0) is 6.54 Å². The van der Waals surface area contributed by atoms with Crippen LogP contribution in [0.4, 0.5) is 0 Å². The molecule has 0 bridgehead atoms. The monoisotopic (exact) mass is 260 g/mol. The Kier molecular flexibility index (Phi) is 2.70. The molecule has 0 amide bonds. The molecule has 0 aliphatic carbocycles. The number of hydrogen-bond acceptors (Lipinski definition) is 4. The standard InChI is InChI=1S/C13H12N2S2/c1-8-12(7-14)17-13(15-8)11-6-9-4-2-3-5-10(9)16-11/h2-6H,7,14H2,1H3. The lowest BCUT2D eigenvalue weighted by Gasteiger charge is -1.86. The van der Waals surface area contributed by atoms with Gasteiger partial charge in [-0.05, 0) is 24.4 Å². The molecule has 0 saturated carbocycles. The number of nitrogens with two attached hydrogens (primary N) is 1. The van der Waals surface area contributed by atoms with Crippen molar-refractivity contribution >= 4 is 32.8 Å². The number of benzene rings is 1. The Morgan fingerprint density at radius 1 is 1.24 bits per heavy atom. The molecule has 1 aromatic carbocycles. The van der Waals surface area contributed by atoms with Crippen LogP contribution in [0.3, 0.4) is 0 Å². The molecule has 0 spiro atoms. The van der Waals surface area contributed by atoms with Crippen LogP contribution in [0.15, 0.2) is 30.3 Å². The van der Waals surface area contributed by atoms with Gasteiger partial charge in [-0.15, -0.1) is 22.7 Å². The van der Waals surface area contributed by atoms with E-state index in [0.717, 1.165) is 10.7 Å². The van der Waals surface area contributed by atoms with E-state index in [9.17, 15) is 0 Å². The Morgan fingerprint density at radius 2 is 2.06 bits per heavy atom. The van der Waals surface area contributed by atoms with Crippen molar-refractivity contribution in [3.63, 3.8) is 0 Å². The van der Waals surface area contributed by atoms with Crippen molar-refractivity contribution in [1.29, 1.82) is 0 Å². The average molecular weight is 260 g/mol. The summed E-state index contributed by atoms with van der Waals surface area (Å²) in [5, 5.41) is 2.37. The van der Waals surface area contributed by atoms with E-state index in [-0.39, 0.29) is 0 Å². The van der Waals surface area contributed by atoms with Crippen molar-refractivity contribution < 1.29 is 0 Å². The van der Waals surface area contributed by atoms with Crippen molar-refractivity contribution in [2.75, 3.05) is 0 Å². The number of rotatable bonds is 2. The quantitative estimate of drug-likeness (QED) is 0.761. The van der Waals surface area contributed by atoms with Gasteiger partial charge in [0.1, 0.15) is 5.01 Å². The number of thiazole rings is 1. The third kappa shape index (κ3) is 1.88. The van der Waals surface area contributed by atoms with Crippen LogP contribution in [-0.4, -0.2) is 4.98 Å². The summed E-state index contributed by atoms with van der Waals surface area (Å²) in [5.74, 6) is 0. The van der Waals surface area contributed by atoms with Crippen molar-refractivity contribution in [3.8, 4) is 9.88 Å². The fraction of sp³-hybridized carbons (Fsp3) is 0.154. The van der Waals surface area contributed by atoms with Crippen LogP contribution in [0.5, 0.6) is 0 Å². The van der Waals surface area contributed by atoms with Gasteiger partial charge in [-0.25, -0.2) is 4.98 Å². The SMILES string of the molecule is Cc1nc(-c2cc3ccccc3s2)sc1CN. The second kappa shape index (κ2) is 4.22. The van der Waals surface area contributed by atoms with Crippen LogP contribution in [0, 0.1) is 6.92 Å². The molecular formula is C13H12N2S2. The molecule has 2 N–H and O–H groups in total. The number of aryl methyl sites for hydroxylation is 1. The molecule has 0 radical (unpaired) electrons. The summed E-state index contributed by atoms with van der Waals surface area (Å²) < 4.78 is 1.31. The molecule has 86 valence electrons. The van der Waals surface area contributed by atoms with Gasteiger partial charge in [-0.2, -0.15) is 0 Å². The first-order valence-corrected chi connectivity index (χ1v) is 7.06. The second-order valence-electron chi connectivity index (χ2n) is 3.88. The molecular weight excluding hydrogens is 248 g/mol. The highest BCUT2D eigenvalue weighted by Crippen LogP contribution is 2.36. The Bertz CT molecular complexity index is 634. The maximum Gasteiger partial charge on any atom is 0.133 e. The first-order chi connectivity index (χ1) is 8.28. The van der Waals surface area contributed by atoms with E-state index in [4.69, 9.17) is 5.73 Å². The van der Waals surface area contributed by atoms with Crippen molar-refractivity contribution in [2.45, 2.75) is 13.5 Å². The van der Waals surface area contributed by atoms with Gasteiger partial charge in [0.2, 0.25) is 0 Å². The minimum Gasteiger partial charge on any atom is -0.326 e. The summed E-state index contributed by atoms with van der Waals surface area (Å²) in [6, 6.07) is 10.6. The van der Waals surface area contributed by atoms with Crippen molar-refractivity contribution in [3.05, 3.63) is 40.9 Å². The number of hydrogen-bond donors (Lipinski definition) is 1. The molecule has 0 atom stereocenters. The zero-order valence-corrected chi connectivity index (χ0v) is 11.1. The predicted molar refractivity (Wildman–Crippen MR) is 75.6 cm³/mol. The largest absolute Gasteiger partial charge is 0.326 e. The van der Waals surface area contributed by atoms with Crippen molar-refractivity contribution in [1.82, 2.24) is 4.98 Å². The minimum atomic E-state index is 0.578. The summed E-state index contributed by atoms with van der Waals surface area (Å²) in [6.45, 7) is 2.60. The molecule has 2 nitrogen and oxygen atoms in total. The zero-order valence-electron chi connectivity index (χ0n) is 9.43. The highest BCUT2D eigenvalue weighted by atomic mass is 32.1. The number of fused-ring (bicyclic) bond motifs is 1. The van der Waals surface area contributed by atoms with Crippen LogP contribution in [0.1, 0.15) is 10.6 Å². The molecule has 2 heterocycles. The van der Waals surface area contributed by atoms with Crippen LogP contribution in [0.25, 0.3) is 20.0 Å². The average Bonchev–Trinajstić information content (AvgIpc) is 2.91. The molecule has 0 unspecified atom stereocenters. The lowest BCUT2D eigenvalue weighted by molar-refractivity contribution is 1.06. The zero-order chi connectivity index (χ0) is 11.8. The molecule has 17 heavy (non-hydrogen) atoms. The predicted octanol–water partition coefficient (Wildman–Crippen LogP) is 3.79. The van der Waals surface area contributed by atoms with E-state index in [2.05, 4.69) is 35.3 Å². The lowest BCUT2D eigenvalue weighted by Crippen LogP contribution is -1.94. The third-order valence-electron chi connectivity index (χ3n) is 2.71. The van der Waals surface area contributed by atoms with Gasteiger partial charge in [0.15, 0.2) is 0 Å². The van der Waals surface area contributed by atoms with E-state index in [1.165, 1.54) is 19.8 Å². The Morgan fingerprint density at radius 3 is 2.76 bits per heavy atom. The fourth-order valence-corrected chi connectivity index (χ4v) is 3.86. The van der Waals surface area contributed by atoms with Crippen LogP contribution < -0.4 is 5.73 Å². The molecule has 2 aromatic heterocycles. The smallest absolute Gasteiger partial charge is 0.133 e. The van der Waals surface area contributed by atoms with Gasteiger partial charge in [0.25, 0.3) is 0 Å². The normalized spacial score (nSPS) is 11.2. The molecule has 0 aliphatic rings. The molecule has 0 saturated heterocycles. The van der Waals surface area contributed by atoms with Crippen molar-refractivity contribution in [2.24, 2.45) is 5.73 Å². The van der Waals surface area contributed by atoms with Crippen LogP contribution >= 0.6 is 22.7 Å². The van der Waals surface area contributed by atoms with Gasteiger partial charge in [0, 0.05) is 16.1 Å². The lowest BCUT2D eigenvalue weighted by atomic mass is 10.2. The topological polar surface area (TPSA) is 38.9 Å². The van der Waals surface area contributed by atoms with E-state index >= 15 is 0 Å². The summed E-state index contributed by atoms with van der Waals surface area (Å²) in [5.41, 5.74) is 6.75. The van der Waals surface area contributed by atoms with E-state index in [0.29, 0.717) is 6.54 Å². The summed E-state index contributed by atoms with van der Waals surface area (Å²) in [6.07, 6.45) is 0. The number of nitrogens with zero attached hydrogens (tertiary/aromatic N) is 1. The Balaban J connectivity index is 2.13. The number of thiophene rings is 1. The van der Waals surface area contributed by atoms with E-state index in [1.807, 2.05) is 6.92 Å². The summed E-state index contributed by atoms with van der Waals surface area (Å²) in [7, 11) is 0. The maximum atomic E-state index is 5.69. The molecule has 3 aromatic rings. The first kappa shape index (κ1) is 10.9. The highest BCUT2D eigenvalue weighted by molar-refractivity contribution is 7.25. The molecule has 4 heteroatoms. The maximum absolute atomic E-state index is 5.69. The Hall–Kier alpha value is -1.23. The van der Waals surface area contributed by atoms with Gasteiger partial charge in [0.05, 0.1) is 10.6 Å². The van der Waals surface area contributed by atoms with Gasteiger partial charge in [-0.1, -0.05) is 18.2 Å². The Labute approximate surface area is 108 Å². The van der Waals surface area contributed by atoms with Gasteiger partial charge in [-0.3, -0.25) is 0 Å². The van der Waals surface area contributed by atoms with E-state index in [1.54, 1.807) is 22.7 Å². The van der Waals surface area contributed by atoms with Gasteiger partial charge < -0.3 is 5.73 Å². The minimum absolute atomic E-state index is 0.578. The first-order valence-electron chi connectivity index (χ1n) is 5.43. The summed E-state index contributed by atoms with van der Waals surface area (Å²) >= 11 is 3.49. The molecule has 0 aliphatic heterocycles. The highest BCUT2D eigenvalue weighted by Gasteiger charge is 2.10. The van der Waals surface area contributed by atoms with Crippen LogP contribution in [0.2, 0.25) is 0 Å². The molecule has 0 fully saturated rings. The molecule has 3 rings (SSSR count). The fourth-order valence-electron chi connectivity index (χ4n) is 1.81. The second-order valence-corrected chi connectivity index (χ2v) is 6.05. The van der Waals surface area contributed by atoms with Gasteiger partial charge >= 0.3 is 0 Å². The van der Waals surface area contributed by atoms with E-state index < -0.39 is 0 Å².